The second-order valence-electron chi connectivity index (χ2n) is 3.52. The van der Waals surface area contributed by atoms with Gasteiger partial charge in [0.15, 0.2) is 0 Å². The van der Waals surface area contributed by atoms with Crippen molar-refractivity contribution in [2.24, 2.45) is 0 Å². The van der Waals surface area contributed by atoms with Crippen molar-refractivity contribution in [2.45, 2.75) is 24.5 Å². The Morgan fingerprint density at radius 3 is 2.93 bits per heavy atom. The van der Waals surface area contributed by atoms with Crippen LogP contribution in [0.2, 0.25) is 5.02 Å². The predicted octanol–water partition coefficient (Wildman–Crippen LogP) is 4.44. The van der Waals surface area contributed by atoms with Crippen LogP contribution in [0.1, 0.15) is 30.1 Å². The van der Waals surface area contributed by atoms with Gasteiger partial charge in [0.2, 0.25) is 0 Å². The lowest BCUT2D eigenvalue weighted by Crippen LogP contribution is -2.04. The highest BCUT2D eigenvalue weighted by molar-refractivity contribution is 7.99. The Hall–Kier alpha value is -0.210. The molecule has 0 aromatic heterocycles. The number of benzene rings is 1. The molecule has 1 saturated heterocycles. The van der Waals surface area contributed by atoms with Gasteiger partial charge in [-0.15, -0.1) is 0 Å². The molecule has 0 nitrogen and oxygen atoms in total. The third-order valence-corrected chi connectivity index (χ3v) is 4.14. The van der Waals surface area contributed by atoms with E-state index >= 15 is 0 Å². The highest BCUT2D eigenvalue weighted by Gasteiger charge is 2.19. The first-order valence-electron chi connectivity index (χ1n) is 4.84. The SMILES string of the molecule is Fc1ccc(Cl)cc1C1CCCCS1. The minimum absolute atomic E-state index is 0.117. The Morgan fingerprint density at radius 2 is 2.21 bits per heavy atom. The Bertz CT molecular complexity index is 321. The molecule has 14 heavy (non-hydrogen) atoms. The zero-order valence-corrected chi connectivity index (χ0v) is 9.37. The monoisotopic (exact) mass is 230 g/mol. The van der Waals surface area contributed by atoms with Crippen LogP contribution in [0.25, 0.3) is 0 Å². The lowest BCUT2D eigenvalue weighted by Gasteiger charge is -2.22. The summed E-state index contributed by atoms with van der Waals surface area (Å²) in [6, 6.07) is 4.83. The van der Waals surface area contributed by atoms with Crippen molar-refractivity contribution in [3.63, 3.8) is 0 Å². The van der Waals surface area contributed by atoms with E-state index in [0.717, 1.165) is 17.7 Å². The second kappa shape index (κ2) is 4.54. The van der Waals surface area contributed by atoms with Crippen molar-refractivity contribution < 1.29 is 4.39 Å². The molecule has 0 aliphatic carbocycles. The first-order valence-corrected chi connectivity index (χ1v) is 6.26. The summed E-state index contributed by atoms with van der Waals surface area (Å²) in [6.45, 7) is 0. The number of thioether (sulfide) groups is 1. The van der Waals surface area contributed by atoms with Gasteiger partial charge in [0.05, 0.1) is 0 Å². The van der Waals surface area contributed by atoms with Gasteiger partial charge in [-0.05, 0) is 36.8 Å². The zero-order chi connectivity index (χ0) is 9.97. The quantitative estimate of drug-likeness (QED) is 0.688. The molecule has 0 bridgehead atoms. The molecule has 1 aromatic carbocycles. The number of halogens is 2. The van der Waals surface area contributed by atoms with Crippen LogP contribution in [0.15, 0.2) is 18.2 Å². The van der Waals surface area contributed by atoms with Crippen LogP contribution >= 0.6 is 23.4 Å². The molecule has 1 fully saturated rings. The van der Waals surface area contributed by atoms with Gasteiger partial charge in [-0.3, -0.25) is 0 Å². The molecule has 1 aromatic rings. The van der Waals surface area contributed by atoms with E-state index in [0.29, 0.717) is 10.3 Å². The minimum Gasteiger partial charge on any atom is -0.207 e. The standard InChI is InChI=1S/C11H12ClFS/c12-8-4-5-10(13)9(7-8)11-3-1-2-6-14-11/h4-5,7,11H,1-3,6H2. The lowest BCUT2D eigenvalue weighted by atomic mass is 10.1. The van der Waals surface area contributed by atoms with Crippen molar-refractivity contribution in [2.75, 3.05) is 5.75 Å². The Morgan fingerprint density at radius 1 is 1.36 bits per heavy atom. The molecular weight excluding hydrogens is 219 g/mol. The van der Waals surface area contributed by atoms with E-state index in [1.807, 2.05) is 11.8 Å². The van der Waals surface area contributed by atoms with Crippen LogP contribution < -0.4 is 0 Å². The van der Waals surface area contributed by atoms with Gasteiger partial charge >= 0.3 is 0 Å². The maximum absolute atomic E-state index is 13.5. The molecule has 1 heterocycles. The predicted molar refractivity (Wildman–Crippen MR) is 60.5 cm³/mol. The summed E-state index contributed by atoms with van der Waals surface area (Å²) in [5, 5.41) is 0.940. The molecule has 1 atom stereocenters. The molecule has 76 valence electrons. The maximum atomic E-state index is 13.5. The molecule has 0 spiro atoms. The summed E-state index contributed by atoms with van der Waals surface area (Å²) >= 11 is 7.70. The molecule has 0 radical (unpaired) electrons. The highest BCUT2D eigenvalue weighted by atomic mass is 35.5. The normalized spacial score (nSPS) is 22.3. The van der Waals surface area contributed by atoms with Gasteiger partial charge in [-0.1, -0.05) is 18.0 Å². The topological polar surface area (TPSA) is 0 Å². The fraction of sp³-hybridized carbons (Fsp3) is 0.455. The van der Waals surface area contributed by atoms with Gasteiger partial charge in [-0.2, -0.15) is 11.8 Å². The first-order chi connectivity index (χ1) is 6.77. The molecule has 1 aliphatic heterocycles. The second-order valence-corrected chi connectivity index (χ2v) is 5.27. The summed E-state index contributed by atoms with van der Waals surface area (Å²) in [4.78, 5) is 0. The van der Waals surface area contributed by atoms with E-state index < -0.39 is 0 Å². The molecule has 3 heteroatoms. The average Bonchev–Trinajstić information content (AvgIpc) is 2.23. The summed E-state index contributed by atoms with van der Waals surface area (Å²) in [7, 11) is 0. The van der Waals surface area contributed by atoms with E-state index in [1.165, 1.54) is 18.9 Å². The van der Waals surface area contributed by atoms with Crippen molar-refractivity contribution in [1.82, 2.24) is 0 Å². The number of hydrogen-bond donors (Lipinski definition) is 0. The Balaban J connectivity index is 2.24. The Kier molecular flexibility index (Phi) is 3.34. The number of hydrogen-bond acceptors (Lipinski definition) is 1. The van der Waals surface area contributed by atoms with E-state index in [4.69, 9.17) is 11.6 Å². The van der Waals surface area contributed by atoms with E-state index in [2.05, 4.69) is 0 Å². The van der Waals surface area contributed by atoms with Crippen LogP contribution in [0, 0.1) is 5.82 Å². The van der Waals surface area contributed by atoms with Crippen molar-refractivity contribution in [3.8, 4) is 0 Å². The molecule has 1 aliphatic rings. The van der Waals surface area contributed by atoms with Crippen LogP contribution in [0.3, 0.4) is 0 Å². The largest absolute Gasteiger partial charge is 0.207 e. The average molecular weight is 231 g/mol. The fourth-order valence-corrected chi connectivity index (χ4v) is 3.28. The van der Waals surface area contributed by atoms with Gasteiger partial charge < -0.3 is 0 Å². The maximum Gasteiger partial charge on any atom is 0.127 e. The van der Waals surface area contributed by atoms with Gasteiger partial charge in [0.25, 0.3) is 0 Å². The first kappa shape index (κ1) is 10.3. The summed E-state index contributed by atoms with van der Waals surface area (Å²) in [5.41, 5.74) is 0.780. The molecule has 0 amide bonds. The third kappa shape index (κ3) is 2.23. The van der Waals surface area contributed by atoms with E-state index in [1.54, 1.807) is 12.1 Å². The van der Waals surface area contributed by atoms with Gasteiger partial charge in [-0.25, -0.2) is 4.39 Å². The summed E-state index contributed by atoms with van der Waals surface area (Å²) < 4.78 is 13.5. The lowest BCUT2D eigenvalue weighted by molar-refractivity contribution is 0.591. The van der Waals surface area contributed by atoms with Crippen molar-refractivity contribution in [3.05, 3.63) is 34.6 Å². The molecular formula is C11H12ClFS. The molecule has 1 unspecified atom stereocenters. The zero-order valence-electron chi connectivity index (χ0n) is 7.80. The third-order valence-electron chi connectivity index (χ3n) is 2.48. The van der Waals surface area contributed by atoms with Gasteiger partial charge in [0, 0.05) is 15.8 Å². The molecule has 0 N–H and O–H groups in total. The smallest absolute Gasteiger partial charge is 0.127 e. The minimum atomic E-state index is -0.117. The van der Waals surface area contributed by atoms with Crippen LogP contribution in [-0.2, 0) is 0 Å². The Labute approximate surface area is 92.8 Å². The van der Waals surface area contributed by atoms with Crippen LogP contribution in [0.5, 0.6) is 0 Å². The summed E-state index contributed by atoms with van der Waals surface area (Å²) in [6.07, 6.45) is 3.52. The van der Waals surface area contributed by atoms with E-state index in [-0.39, 0.29) is 5.82 Å². The number of rotatable bonds is 1. The fourth-order valence-electron chi connectivity index (χ4n) is 1.75. The van der Waals surface area contributed by atoms with Crippen molar-refractivity contribution in [1.29, 1.82) is 0 Å². The molecule has 2 rings (SSSR count). The van der Waals surface area contributed by atoms with Gasteiger partial charge in [0.1, 0.15) is 5.82 Å². The van der Waals surface area contributed by atoms with E-state index in [9.17, 15) is 4.39 Å². The molecule has 0 saturated carbocycles. The van der Waals surface area contributed by atoms with Crippen molar-refractivity contribution >= 4 is 23.4 Å². The van der Waals surface area contributed by atoms with Crippen LogP contribution in [0.4, 0.5) is 4.39 Å². The summed E-state index contributed by atoms with van der Waals surface area (Å²) in [5.74, 6) is 1.02. The van der Waals surface area contributed by atoms with Crippen LogP contribution in [-0.4, -0.2) is 5.75 Å². The highest BCUT2D eigenvalue weighted by Crippen LogP contribution is 2.39.